The van der Waals surface area contributed by atoms with Crippen molar-refractivity contribution in [3.8, 4) is 0 Å². The lowest BCUT2D eigenvalue weighted by Gasteiger charge is -2.41. The molecule has 2 amide bonds. The van der Waals surface area contributed by atoms with Gasteiger partial charge in [0.15, 0.2) is 0 Å². The molecule has 2 rings (SSSR count). The normalized spacial score (nSPS) is 17.7. The number of aryl methyl sites for hydroxylation is 1. The molecule has 1 aromatic rings. The number of nitrogens with one attached hydrogen (secondary N) is 1. The van der Waals surface area contributed by atoms with Crippen molar-refractivity contribution in [1.29, 1.82) is 0 Å². The summed E-state index contributed by atoms with van der Waals surface area (Å²) in [6, 6.07) is 0. The Labute approximate surface area is 124 Å². The molecular weight excluding hydrogens is 270 g/mol. The Kier molecular flexibility index (Phi) is 4.32. The van der Waals surface area contributed by atoms with Crippen LogP contribution in [0.3, 0.4) is 0 Å². The van der Waals surface area contributed by atoms with Gasteiger partial charge in [-0.1, -0.05) is 0 Å². The zero-order valence-corrected chi connectivity index (χ0v) is 12.8. The van der Waals surface area contributed by atoms with Gasteiger partial charge in [0.05, 0.1) is 11.8 Å². The van der Waals surface area contributed by atoms with Crippen LogP contribution in [0.25, 0.3) is 0 Å². The number of hydrogen-bond acceptors (Lipinski definition) is 4. The Balaban J connectivity index is 2.24. The molecule has 0 saturated carbocycles. The molecule has 7 nitrogen and oxygen atoms in total. The molecule has 1 saturated heterocycles. The third kappa shape index (κ3) is 2.78. The maximum atomic E-state index is 12.7. The van der Waals surface area contributed by atoms with Crippen LogP contribution >= 0.6 is 0 Å². The third-order valence-corrected chi connectivity index (χ3v) is 4.00. The second kappa shape index (κ2) is 5.85. The molecule has 7 heteroatoms. The molecule has 1 aliphatic heterocycles. The quantitative estimate of drug-likeness (QED) is 0.810. The smallest absolute Gasteiger partial charge is 0.258 e. The lowest BCUT2D eigenvalue weighted by Crippen LogP contribution is -2.63. The van der Waals surface area contributed by atoms with E-state index in [1.807, 2.05) is 6.92 Å². The molecule has 0 aromatic carbocycles. The highest BCUT2D eigenvalue weighted by molar-refractivity contribution is 6.00. The minimum atomic E-state index is -0.846. The van der Waals surface area contributed by atoms with E-state index >= 15 is 0 Å². The summed E-state index contributed by atoms with van der Waals surface area (Å²) in [7, 11) is 0. The second-order valence-electron chi connectivity index (χ2n) is 5.78. The molecular formula is C14H23N5O2. The number of amides is 2. The molecule has 0 aliphatic carbocycles. The van der Waals surface area contributed by atoms with Crippen LogP contribution in [-0.2, 0) is 11.3 Å². The largest absolute Gasteiger partial charge is 0.352 e. The van der Waals surface area contributed by atoms with Crippen LogP contribution in [0, 0.1) is 6.92 Å². The van der Waals surface area contributed by atoms with Crippen LogP contribution in [0.1, 0.15) is 36.3 Å². The topological polar surface area (TPSA) is 93.2 Å². The van der Waals surface area contributed by atoms with Crippen molar-refractivity contribution < 1.29 is 9.59 Å². The summed E-state index contributed by atoms with van der Waals surface area (Å²) in [4.78, 5) is 26.3. The zero-order chi connectivity index (χ0) is 15.6. The molecule has 1 aromatic heterocycles. The second-order valence-corrected chi connectivity index (χ2v) is 5.78. The van der Waals surface area contributed by atoms with Gasteiger partial charge in [-0.25, -0.2) is 0 Å². The van der Waals surface area contributed by atoms with Crippen molar-refractivity contribution in [3.05, 3.63) is 17.5 Å². The van der Waals surface area contributed by atoms with Gasteiger partial charge in [-0.15, -0.1) is 0 Å². The van der Waals surface area contributed by atoms with Crippen LogP contribution in [0.2, 0.25) is 0 Å². The van der Waals surface area contributed by atoms with Crippen LogP contribution in [0.4, 0.5) is 0 Å². The maximum Gasteiger partial charge on any atom is 0.258 e. The Hall–Kier alpha value is -1.89. The molecule has 0 atom stereocenters. The zero-order valence-electron chi connectivity index (χ0n) is 12.8. The molecule has 2 heterocycles. The highest BCUT2D eigenvalue weighted by Crippen LogP contribution is 2.22. The van der Waals surface area contributed by atoms with Gasteiger partial charge in [0, 0.05) is 25.3 Å². The molecule has 0 spiro atoms. The molecule has 1 fully saturated rings. The van der Waals surface area contributed by atoms with E-state index in [4.69, 9.17) is 5.73 Å². The number of carbonyl (C=O) groups excluding carboxylic acids is 2. The summed E-state index contributed by atoms with van der Waals surface area (Å²) in [5, 5.41) is 7.04. The maximum absolute atomic E-state index is 12.7. The highest BCUT2D eigenvalue weighted by Gasteiger charge is 2.41. The van der Waals surface area contributed by atoms with Crippen LogP contribution < -0.4 is 11.1 Å². The number of nitrogens with two attached hydrogens (primary N) is 1. The number of rotatable bonds is 4. The lowest BCUT2D eigenvalue weighted by molar-refractivity contribution is -0.133. The van der Waals surface area contributed by atoms with E-state index in [-0.39, 0.29) is 11.8 Å². The van der Waals surface area contributed by atoms with Gasteiger partial charge in [-0.3, -0.25) is 14.3 Å². The summed E-state index contributed by atoms with van der Waals surface area (Å²) in [6.07, 6.45) is 2.39. The van der Waals surface area contributed by atoms with Crippen molar-refractivity contribution in [2.45, 2.75) is 39.3 Å². The molecule has 0 radical (unpaired) electrons. The summed E-state index contributed by atoms with van der Waals surface area (Å²) < 4.78 is 1.79. The first kappa shape index (κ1) is 15.5. The number of carbonyl (C=O) groups is 2. The summed E-state index contributed by atoms with van der Waals surface area (Å²) >= 11 is 0. The average Bonchev–Trinajstić information content (AvgIpc) is 2.80. The van der Waals surface area contributed by atoms with Crippen molar-refractivity contribution in [3.63, 3.8) is 0 Å². The van der Waals surface area contributed by atoms with E-state index in [9.17, 15) is 9.59 Å². The summed E-state index contributed by atoms with van der Waals surface area (Å²) in [5.74, 6) is -0.276. The van der Waals surface area contributed by atoms with Crippen molar-refractivity contribution in [1.82, 2.24) is 20.0 Å². The summed E-state index contributed by atoms with van der Waals surface area (Å²) in [5.41, 5.74) is 6.02. The first-order chi connectivity index (χ1) is 9.89. The minimum Gasteiger partial charge on any atom is -0.352 e. The fourth-order valence-corrected chi connectivity index (χ4v) is 2.52. The van der Waals surface area contributed by atoms with E-state index in [0.717, 1.165) is 12.1 Å². The van der Waals surface area contributed by atoms with Gasteiger partial charge in [-0.2, -0.15) is 5.10 Å². The van der Waals surface area contributed by atoms with Crippen LogP contribution in [-0.4, -0.2) is 51.7 Å². The number of piperazine rings is 1. The predicted octanol–water partition coefficient (Wildman–Crippen LogP) is -0.109. The van der Waals surface area contributed by atoms with Gasteiger partial charge in [0.2, 0.25) is 5.91 Å². The fourth-order valence-electron chi connectivity index (χ4n) is 2.52. The Morgan fingerprint density at radius 1 is 1.52 bits per heavy atom. The molecule has 116 valence electrons. The van der Waals surface area contributed by atoms with E-state index < -0.39 is 5.54 Å². The van der Waals surface area contributed by atoms with E-state index in [1.54, 1.807) is 29.6 Å². The van der Waals surface area contributed by atoms with Crippen LogP contribution in [0.15, 0.2) is 6.20 Å². The highest BCUT2D eigenvalue weighted by atomic mass is 16.2. The molecule has 21 heavy (non-hydrogen) atoms. The first-order valence-electron chi connectivity index (χ1n) is 7.22. The molecule has 1 aliphatic rings. The monoisotopic (exact) mass is 293 g/mol. The van der Waals surface area contributed by atoms with E-state index in [0.29, 0.717) is 31.7 Å². The number of hydrogen-bond donors (Lipinski definition) is 2. The van der Waals surface area contributed by atoms with E-state index in [2.05, 4.69) is 10.4 Å². The predicted molar refractivity (Wildman–Crippen MR) is 78.8 cm³/mol. The fraction of sp³-hybridized carbons (Fsp3) is 0.643. The SMILES string of the molecule is Cc1c(C(=O)N2CCNC(=O)C2(C)C)cnn1CCCN. The Bertz CT molecular complexity index is 550. The van der Waals surface area contributed by atoms with Crippen molar-refractivity contribution in [2.24, 2.45) is 5.73 Å². The van der Waals surface area contributed by atoms with E-state index in [1.165, 1.54) is 0 Å². The Morgan fingerprint density at radius 3 is 2.90 bits per heavy atom. The summed E-state index contributed by atoms with van der Waals surface area (Å²) in [6.45, 7) is 7.65. The third-order valence-electron chi connectivity index (χ3n) is 4.00. The van der Waals surface area contributed by atoms with Crippen molar-refractivity contribution >= 4 is 11.8 Å². The number of nitrogens with zero attached hydrogens (tertiary/aromatic N) is 3. The number of aromatic nitrogens is 2. The van der Waals surface area contributed by atoms with Gasteiger partial charge >= 0.3 is 0 Å². The molecule has 0 unspecified atom stereocenters. The van der Waals surface area contributed by atoms with Gasteiger partial charge < -0.3 is 16.0 Å². The minimum absolute atomic E-state index is 0.129. The molecule has 3 N–H and O–H groups in total. The standard InChI is InChI=1S/C14H23N5O2/c1-10-11(9-17-19(10)7-4-5-15)12(20)18-8-6-16-13(21)14(18,2)3/h9H,4-8,15H2,1-3H3,(H,16,21). The lowest BCUT2D eigenvalue weighted by atomic mass is 9.97. The average molecular weight is 293 g/mol. The van der Waals surface area contributed by atoms with Gasteiger partial charge in [0.1, 0.15) is 5.54 Å². The molecule has 0 bridgehead atoms. The van der Waals surface area contributed by atoms with Crippen molar-refractivity contribution in [2.75, 3.05) is 19.6 Å². The van der Waals surface area contributed by atoms with Gasteiger partial charge in [0.25, 0.3) is 5.91 Å². The van der Waals surface area contributed by atoms with Crippen LogP contribution in [0.5, 0.6) is 0 Å². The first-order valence-corrected chi connectivity index (χ1v) is 7.22. The Morgan fingerprint density at radius 2 is 2.24 bits per heavy atom. The van der Waals surface area contributed by atoms with Gasteiger partial charge in [-0.05, 0) is 33.7 Å².